The Bertz CT molecular complexity index is 634. The maximum absolute atomic E-state index is 12.3. The molecule has 0 saturated heterocycles. The van der Waals surface area contributed by atoms with E-state index in [4.69, 9.17) is 9.52 Å². The van der Waals surface area contributed by atoms with Crippen LogP contribution >= 0.6 is 0 Å². The Morgan fingerprint density at radius 1 is 1.43 bits per heavy atom. The summed E-state index contributed by atoms with van der Waals surface area (Å²) < 4.78 is 30.4. The molecule has 0 spiro atoms. The van der Waals surface area contributed by atoms with E-state index in [-0.39, 0.29) is 23.0 Å². The topological polar surface area (TPSA) is 117 Å². The van der Waals surface area contributed by atoms with Crippen LogP contribution in [0.4, 0.5) is 0 Å². The maximum atomic E-state index is 12.3. The zero-order valence-corrected chi connectivity index (χ0v) is 12.9. The van der Waals surface area contributed by atoms with E-state index in [2.05, 4.69) is 4.72 Å². The van der Waals surface area contributed by atoms with E-state index in [1.165, 1.54) is 14.0 Å². The molecule has 1 rings (SSSR count). The van der Waals surface area contributed by atoms with Crippen LogP contribution in [0.1, 0.15) is 29.5 Å². The number of nitrogens with one attached hydrogen (secondary N) is 1. The quantitative estimate of drug-likeness (QED) is 0.753. The third-order valence-corrected chi connectivity index (χ3v) is 4.03. The Kier molecular flexibility index (Phi) is 5.50. The fourth-order valence-corrected chi connectivity index (χ4v) is 2.46. The lowest BCUT2D eigenvalue weighted by Gasteiger charge is -2.19. The van der Waals surface area contributed by atoms with E-state index < -0.39 is 28.4 Å². The molecule has 0 fully saturated rings. The molecule has 8 nitrogen and oxygen atoms in total. The molecule has 1 aromatic rings. The van der Waals surface area contributed by atoms with Crippen molar-refractivity contribution in [3.05, 3.63) is 17.4 Å². The van der Waals surface area contributed by atoms with Crippen molar-refractivity contribution in [1.82, 2.24) is 9.62 Å². The molecule has 21 heavy (non-hydrogen) atoms. The summed E-state index contributed by atoms with van der Waals surface area (Å²) in [5, 5.41) is 8.45. The number of aliphatic carboxylic acids is 1. The SMILES string of the molecule is CCCN(CC(=O)O)C(=O)c1cc(S(=O)(=O)NC)oc1C. The standard InChI is InChI=1S/C12H18N2O6S/c1-4-5-14(7-10(15)16)12(17)9-6-11(20-8(9)2)21(18,19)13-3/h6,13H,4-5,7H2,1-3H3,(H,15,16). The number of amides is 1. The molecular weight excluding hydrogens is 300 g/mol. The predicted octanol–water partition coefficient (Wildman–Crippen LogP) is 0.433. The first-order valence-corrected chi connectivity index (χ1v) is 7.76. The molecule has 0 aliphatic rings. The molecule has 0 aliphatic heterocycles. The van der Waals surface area contributed by atoms with Gasteiger partial charge < -0.3 is 14.4 Å². The van der Waals surface area contributed by atoms with Gasteiger partial charge in [0.05, 0.1) is 5.56 Å². The van der Waals surface area contributed by atoms with Gasteiger partial charge in [-0.3, -0.25) is 9.59 Å². The van der Waals surface area contributed by atoms with Crippen molar-refractivity contribution < 1.29 is 27.5 Å². The summed E-state index contributed by atoms with van der Waals surface area (Å²) >= 11 is 0. The highest BCUT2D eigenvalue weighted by Crippen LogP contribution is 2.20. The van der Waals surface area contributed by atoms with E-state index in [0.717, 1.165) is 11.0 Å². The lowest BCUT2D eigenvalue weighted by molar-refractivity contribution is -0.137. The van der Waals surface area contributed by atoms with Crippen molar-refractivity contribution in [3.8, 4) is 0 Å². The molecular formula is C12H18N2O6S. The maximum Gasteiger partial charge on any atom is 0.323 e. The van der Waals surface area contributed by atoms with Gasteiger partial charge >= 0.3 is 5.97 Å². The largest absolute Gasteiger partial charge is 0.480 e. The van der Waals surface area contributed by atoms with E-state index in [9.17, 15) is 18.0 Å². The monoisotopic (exact) mass is 318 g/mol. The number of hydrogen-bond acceptors (Lipinski definition) is 5. The minimum Gasteiger partial charge on any atom is -0.480 e. The van der Waals surface area contributed by atoms with Gasteiger partial charge in [0.15, 0.2) is 0 Å². The molecule has 0 saturated carbocycles. The van der Waals surface area contributed by atoms with E-state index in [0.29, 0.717) is 6.42 Å². The second-order valence-electron chi connectivity index (χ2n) is 4.36. The van der Waals surface area contributed by atoms with Crippen molar-refractivity contribution in [2.24, 2.45) is 0 Å². The third kappa shape index (κ3) is 4.05. The van der Waals surface area contributed by atoms with Gasteiger partial charge in [-0.25, -0.2) is 13.1 Å². The van der Waals surface area contributed by atoms with Gasteiger partial charge in [-0.05, 0) is 20.4 Å². The van der Waals surface area contributed by atoms with Crippen LogP contribution in [0.5, 0.6) is 0 Å². The minimum atomic E-state index is -3.80. The number of sulfonamides is 1. The van der Waals surface area contributed by atoms with Gasteiger partial charge in [0, 0.05) is 12.6 Å². The molecule has 1 heterocycles. The zero-order valence-electron chi connectivity index (χ0n) is 12.0. The number of aryl methyl sites for hydroxylation is 1. The summed E-state index contributed by atoms with van der Waals surface area (Å²) in [6, 6.07) is 1.11. The molecule has 0 atom stereocenters. The molecule has 2 N–H and O–H groups in total. The molecule has 118 valence electrons. The number of hydrogen-bond donors (Lipinski definition) is 2. The number of furan rings is 1. The van der Waals surface area contributed by atoms with Gasteiger partial charge in [-0.15, -0.1) is 0 Å². The summed E-state index contributed by atoms with van der Waals surface area (Å²) in [5.74, 6) is -1.58. The summed E-state index contributed by atoms with van der Waals surface area (Å²) in [4.78, 5) is 24.2. The van der Waals surface area contributed by atoms with Crippen LogP contribution in [0.3, 0.4) is 0 Å². The first-order valence-electron chi connectivity index (χ1n) is 6.28. The van der Waals surface area contributed by atoms with E-state index in [1.54, 1.807) is 6.92 Å². The van der Waals surface area contributed by atoms with Gasteiger partial charge in [0.1, 0.15) is 12.3 Å². The Morgan fingerprint density at radius 2 is 2.05 bits per heavy atom. The van der Waals surface area contributed by atoms with Crippen molar-refractivity contribution >= 4 is 21.9 Å². The van der Waals surface area contributed by atoms with Gasteiger partial charge in [0.2, 0.25) is 5.09 Å². The first-order chi connectivity index (χ1) is 9.72. The van der Waals surface area contributed by atoms with Gasteiger partial charge in [-0.2, -0.15) is 0 Å². The average Bonchev–Trinajstić information content (AvgIpc) is 2.80. The summed E-state index contributed by atoms with van der Waals surface area (Å²) in [7, 11) is -2.57. The van der Waals surface area contributed by atoms with Crippen LogP contribution in [-0.2, 0) is 14.8 Å². The third-order valence-electron chi connectivity index (χ3n) is 2.77. The van der Waals surface area contributed by atoms with Gasteiger partial charge in [-0.1, -0.05) is 6.92 Å². The highest BCUT2D eigenvalue weighted by Gasteiger charge is 2.26. The predicted molar refractivity (Wildman–Crippen MR) is 73.5 cm³/mol. The lowest BCUT2D eigenvalue weighted by Crippen LogP contribution is -2.36. The number of nitrogens with zero attached hydrogens (tertiary/aromatic N) is 1. The van der Waals surface area contributed by atoms with E-state index in [1.807, 2.05) is 0 Å². The van der Waals surface area contributed by atoms with E-state index >= 15 is 0 Å². The number of rotatable bonds is 7. The minimum absolute atomic E-state index is 0.0403. The molecule has 9 heteroatoms. The lowest BCUT2D eigenvalue weighted by atomic mass is 10.2. The summed E-state index contributed by atoms with van der Waals surface area (Å²) in [5.41, 5.74) is 0.0403. The van der Waals surface area contributed by atoms with Crippen LogP contribution in [-0.4, -0.2) is 50.4 Å². The molecule has 0 bridgehead atoms. The normalized spacial score (nSPS) is 11.4. The molecule has 0 radical (unpaired) electrons. The Labute approximate surface area is 122 Å². The van der Waals surface area contributed by atoms with Gasteiger partial charge in [0.25, 0.3) is 15.9 Å². The molecule has 1 amide bonds. The second kappa shape index (κ2) is 6.72. The fourth-order valence-electron chi connectivity index (χ4n) is 1.76. The molecule has 0 unspecified atom stereocenters. The number of carbonyl (C=O) groups is 2. The summed E-state index contributed by atoms with van der Waals surface area (Å²) in [6.45, 7) is 3.06. The van der Waals surface area contributed by atoms with Crippen LogP contribution < -0.4 is 4.72 Å². The van der Waals surface area contributed by atoms with Crippen molar-refractivity contribution in [1.29, 1.82) is 0 Å². The number of carboxylic acid groups (broad SMARTS) is 1. The highest BCUT2D eigenvalue weighted by molar-refractivity contribution is 7.89. The average molecular weight is 318 g/mol. The second-order valence-corrected chi connectivity index (χ2v) is 6.18. The zero-order chi connectivity index (χ0) is 16.2. The van der Waals surface area contributed by atoms with Crippen LogP contribution in [0, 0.1) is 6.92 Å². The van der Waals surface area contributed by atoms with Crippen molar-refractivity contribution in [2.45, 2.75) is 25.4 Å². The Balaban J connectivity index is 3.14. The Morgan fingerprint density at radius 3 is 2.52 bits per heavy atom. The first kappa shape index (κ1) is 17.2. The Hall–Kier alpha value is -1.87. The smallest absolute Gasteiger partial charge is 0.323 e. The molecule has 1 aromatic heterocycles. The summed E-state index contributed by atoms with van der Waals surface area (Å²) in [6.07, 6.45) is 0.581. The molecule has 0 aromatic carbocycles. The molecule has 0 aliphatic carbocycles. The van der Waals surface area contributed by atoms with Crippen LogP contribution in [0.2, 0.25) is 0 Å². The fraction of sp³-hybridized carbons (Fsp3) is 0.500. The number of carbonyl (C=O) groups excluding carboxylic acids is 1. The van der Waals surface area contributed by atoms with Crippen LogP contribution in [0.25, 0.3) is 0 Å². The highest BCUT2D eigenvalue weighted by atomic mass is 32.2. The number of carboxylic acids is 1. The van der Waals surface area contributed by atoms with Crippen molar-refractivity contribution in [3.63, 3.8) is 0 Å². The van der Waals surface area contributed by atoms with Crippen LogP contribution in [0.15, 0.2) is 15.6 Å². The van der Waals surface area contributed by atoms with Crippen molar-refractivity contribution in [2.75, 3.05) is 20.1 Å².